The maximum atomic E-state index is 11.4. The standard InChI is InChI=1S/C18H14O3S/c19-18(20)15-10-13-16(11-6-2-1-3-7-11)21-14-9-5-4-8-12(14)17(13)22-15/h2,4-10,17H,1,3H2,(H,19,20). The van der Waals surface area contributed by atoms with Crippen molar-refractivity contribution in [3.63, 3.8) is 0 Å². The van der Waals surface area contributed by atoms with Crippen molar-refractivity contribution in [3.8, 4) is 5.75 Å². The highest BCUT2D eigenvalue weighted by Gasteiger charge is 2.36. The highest BCUT2D eigenvalue weighted by molar-refractivity contribution is 8.04. The first-order chi connectivity index (χ1) is 10.7. The van der Waals surface area contributed by atoms with Crippen LogP contribution in [-0.2, 0) is 4.79 Å². The first-order valence-electron chi connectivity index (χ1n) is 7.24. The van der Waals surface area contributed by atoms with E-state index < -0.39 is 5.97 Å². The van der Waals surface area contributed by atoms with Gasteiger partial charge < -0.3 is 9.84 Å². The summed E-state index contributed by atoms with van der Waals surface area (Å²) in [6, 6.07) is 7.85. The van der Waals surface area contributed by atoms with E-state index in [-0.39, 0.29) is 5.25 Å². The quantitative estimate of drug-likeness (QED) is 0.881. The third-order valence-electron chi connectivity index (χ3n) is 3.96. The molecule has 0 saturated heterocycles. The topological polar surface area (TPSA) is 46.5 Å². The monoisotopic (exact) mass is 310 g/mol. The first-order valence-corrected chi connectivity index (χ1v) is 8.11. The normalized spacial score (nSPS) is 22.5. The SMILES string of the molecule is O=C(O)C1=CC2=C(C3=CCCC=C3)Oc3ccccc3C2S1. The number of benzene rings is 1. The van der Waals surface area contributed by atoms with Crippen molar-refractivity contribution in [3.05, 3.63) is 75.9 Å². The van der Waals surface area contributed by atoms with E-state index in [4.69, 9.17) is 4.74 Å². The smallest absolute Gasteiger partial charge is 0.342 e. The highest BCUT2D eigenvalue weighted by atomic mass is 32.2. The Labute approximate surface area is 132 Å². The minimum absolute atomic E-state index is 0.00211. The molecular weight excluding hydrogens is 296 g/mol. The molecule has 0 saturated carbocycles. The van der Waals surface area contributed by atoms with Crippen LogP contribution in [0.2, 0.25) is 0 Å². The molecule has 0 aromatic heterocycles. The Balaban J connectivity index is 1.87. The maximum absolute atomic E-state index is 11.4. The van der Waals surface area contributed by atoms with Gasteiger partial charge in [0, 0.05) is 16.7 Å². The summed E-state index contributed by atoms with van der Waals surface area (Å²) >= 11 is 1.39. The van der Waals surface area contributed by atoms with Gasteiger partial charge in [0.1, 0.15) is 11.5 Å². The number of hydrogen-bond donors (Lipinski definition) is 1. The van der Waals surface area contributed by atoms with Crippen molar-refractivity contribution >= 4 is 17.7 Å². The highest BCUT2D eigenvalue weighted by Crippen LogP contribution is 2.54. The predicted molar refractivity (Wildman–Crippen MR) is 86.6 cm³/mol. The van der Waals surface area contributed by atoms with Crippen molar-refractivity contribution in [2.24, 2.45) is 0 Å². The number of carboxylic acids is 1. The van der Waals surface area contributed by atoms with Crippen LogP contribution < -0.4 is 4.74 Å². The van der Waals surface area contributed by atoms with Gasteiger partial charge in [-0.1, -0.05) is 36.4 Å². The number of para-hydroxylation sites is 1. The average Bonchev–Trinajstić information content (AvgIpc) is 3.01. The minimum Gasteiger partial charge on any atom is -0.477 e. The third kappa shape index (κ3) is 2.11. The van der Waals surface area contributed by atoms with Crippen LogP contribution >= 0.6 is 11.8 Å². The molecule has 1 atom stereocenters. The summed E-state index contributed by atoms with van der Waals surface area (Å²) in [7, 11) is 0. The molecule has 110 valence electrons. The van der Waals surface area contributed by atoms with Gasteiger partial charge in [0.25, 0.3) is 0 Å². The summed E-state index contributed by atoms with van der Waals surface area (Å²) in [6.07, 6.45) is 10.1. The molecule has 3 nitrogen and oxygen atoms in total. The molecular formula is C18H14O3S. The molecule has 22 heavy (non-hydrogen) atoms. The summed E-state index contributed by atoms with van der Waals surface area (Å²) in [5, 5.41) is 9.33. The first kappa shape index (κ1) is 13.5. The molecule has 0 bridgehead atoms. The molecule has 2 heterocycles. The Bertz CT molecular complexity index is 783. The van der Waals surface area contributed by atoms with Crippen molar-refractivity contribution < 1.29 is 14.6 Å². The second-order valence-electron chi connectivity index (χ2n) is 5.38. The average molecular weight is 310 g/mol. The van der Waals surface area contributed by atoms with Gasteiger partial charge in [0.15, 0.2) is 0 Å². The molecule has 0 amide bonds. The van der Waals surface area contributed by atoms with E-state index >= 15 is 0 Å². The lowest BCUT2D eigenvalue weighted by Gasteiger charge is -2.27. The van der Waals surface area contributed by atoms with Crippen molar-refractivity contribution in [2.75, 3.05) is 0 Å². The van der Waals surface area contributed by atoms with Gasteiger partial charge in [-0.05, 0) is 25.0 Å². The second-order valence-corrected chi connectivity index (χ2v) is 6.52. The molecule has 2 aliphatic heterocycles. The predicted octanol–water partition coefficient (Wildman–Crippen LogP) is 4.37. The van der Waals surface area contributed by atoms with Crippen molar-refractivity contribution in [1.82, 2.24) is 0 Å². The zero-order chi connectivity index (χ0) is 15.1. The number of aliphatic carboxylic acids is 1. The van der Waals surface area contributed by atoms with Gasteiger partial charge in [0.2, 0.25) is 0 Å². The fourth-order valence-electron chi connectivity index (χ4n) is 2.94. The van der Waals surface area contributed by atoms with Crippen LogP contribution in [0.25, 0.3) is 0 Å². The lowest BCUT2D eigenvalue weighted by Crippen LogP contribution is -2.12. The van der Waals surface area contributed by atoms with E-state index in [0.717, 1.165) is 41.1 Å². The van der Waals surface area contributed by atoms with E-state index in [2.05, 4.69) is 18.2 Å². The van der Waals surface area contributed by atoms with Gasteiger partial charge in [-0.25, -0.2) is 4.79 Å². The largest absolute Gasteiger partial charge is 0.477 e. The molecule has 1 aliphatic carbocycles. The Hall–Kier alpha value is -2.20. The lowest BCUT2D eigenvalue weighted by atomic mass is 9.94. The molecule has 4 heteroatoms. The molecule has 1 aromatic carbocycles. The molecule has 0 fully saturated rings. The number of carboxylic acid groups (broad SMARTS) is 1. The summed E-state index contributed by atoms with van der Waals surface area (Å²) in [6.45, 7) is 0. The van der Waals surface area contributed by atoms with E-state index in [1.165, 1.54) is 11.8 Å². The second kappa shape index (κ2) is 5.21. The van der Waals surface area contributed by atoms with Gasteiger partial charge in [-0.2, -0.15) is 0 Å². The number of ether oxygens (including phenoxy) is 1. The fourth-order valence-corrected chi connectivity index (χ4v) is 4.11. The summed E-state index contributed by atoms with van der Waals surface area (Å²) in [5.74, 6) is 0.735. The number of thioether (sulfide) groups is 1. The molecule has 4 rings (SSSR count). The van der Waals surface area contributed by atoms with E-state index in [9.17, 15) is 9.90 Å². The minimum atomic E-state index is -0.878. The number of fused-ring (bicyclic) bond motifs is 3. The Morgan fingerprint density at radius 3 is 2.91 bits per heavy atom. The fraction of sp³-hybridized carbons (Fsp3) is 0.167. The zero-order valence-corrected chi connectivity index (χ0v) is 12.6. The number of rotatable bonds is 2. The third-order valence-corrected chi connectivity index (χ3v) is 5.25. The van der Waals surface area contributed by atoms with E-state index in [0.29, 0.717) is 4.91 Å². The van der Waals surface area contributed by atoms with Gasteiger partial charge in [-0.3, -0.25) is 0 Å². The molecule has 1 unspecified atom stereocenters. The van der Waals surface area contributed by atoms with Crippen molar-refractivity contribution in [1.29, 1.82) is 0 Å². The van der Waals surface area contributed by atoms with Crippen LogP contribution in [0.1, 0.15) is 23.7 Å². The zero-order valence-electron chi connectivity index (χ0n) is 11.8. The summed E-state index contributed by atoms with van der Waals surface area (Å²) in [4.78, 5) is 11.7. The summed E-state index contributed by atoms with van der Waals surface area (Å²) in [5.41, 5.74) is 3.04. The molecule has 1 aromatic rings. The van der Waals surface area contributed by atoms with Crippen LogP contribution in [0.15, 0.2) is 70.4 Å². The van der Waals surface area contributed by atoms with Crippen LogP contribution in [-0.4, -0.2) is 11.1 Å². The van der Waals surface area contributed by atoms with Crippen LogP contribution in [0.3, 0.4) is 0 Å². The molecule has 3 aliphatic rings. The summed E-state index contributed by atoms with van der Waals surface area (Å²) < 4.78 is 6.12. The van der Waals surface area contributed by atoms with Gasteiger partial charge in [0.05, 0.1) is 10.2 Å². The molecule has 0 radical (unpaired) electrons. The maximum Gasteiger partial charge on any atom is 0.342 e. The Kier molecular flexibility index (Phi) is 3.19. The van der Waals surface area contributed by atoms with Gasteiger partial charge >= 0.3 is 5.97 Å². The lowest BCUT2D eigenvalue weighted by molar-refractivity contribution is -0.131. The van der Waals surface area contributed by atoms with Crippen LogP contribution in [0.5, 0.6) is 5.75 Å². The van der Waals surface area contributed by atoms with E-state index in [1.54, 1.807) is 6.08 Å². The van der Waals surface area contributed by atoms with Gasteiger partial charge in [-0.15, -0.1) is 11.8 Å². The number of hydrogen-bond acceptors (Lipinski definition) is 3. The molecule has 1 N–H and O–H groups in total. The van der Waals surface area contributed by atoms with Crippen LogP contribution in [0, 0.1) is 0 Å². The molecule has 0 spiro atoms. The van der Waals surface area contributed by atoms with Crippen molar-refractivity contribution in [2.45, 2.75) is 18.1 Å². The number of carbonyl (C=O) groups is 1. The Morgan fingerprint density at radius 1 is 1.27 bits per heavy atom. The van der Waals surface area contributed by atoms with Crippen LogP contribution in [0.4, 0.5) is 0 Å². The van der Waals surface area contributed by atoms with E-state index in [1.807, 2.05) is 24.3 Å². The Morgan fingerprint density at radius 2 is 2.14 bits per heavy atom. The number of allylic oxidation sites excluding steroid dienone is 4.